The molecule has 96 valence electrons. The molecule has 1 aromatic rings. The molecule has 0 aromatic heterocycles. The van der Waals surface area contributed by atoms with Crippen LogP contribution in [0.15, 0.2) is 30.3 Å². The highest BCUT2D eigenvalue weighted by atomic mass is 16.5. The van der Waals surface area contributed by atoms with Crippen molar-refractivity contribution in [1.82, 2.24) is 5.32 Å². The van der Waals surface area contributed by atoms with Crippen molar-refractivity contribution in [2.24, 2.45) is 0 Å². The van der Waals surface area contributed by atoms with Gasteiger partial charge in [-0.25, -0.2) is 4.79 Å². The van der Waals surface area contributed by atoms with Crippen molar-refractivity contribution in [3.63, 3.8) is 0 Å². The van der Waals surface area contributed by atoms with E-state index < -0.39 is 6.09 Å². The van der Waals surface area contributed by atoms with Crippen molar-refractivity contribution in [3.8, 4) is 0 Å². The third kappa shape index (κ3) is 3.85. The van der Waals surface area contributed by atoms with Gasteiger partial charge in [0.1, 0.15) is 13.2 Å². The highest BCUT2D eigenvalue weighted by Crippen LogP contribution is 2.04. The van der Waals surface area contributed by atoms with Gasteiger partial charge >= 0.3 is 6.09 Å². The molecule has 0 unspecified atom stereocenters. The average Bonchev–Trinajstić information content (AvgIpc) is 2.38. The normalized spacial score (nSPS) is 19.3. The number of ether oxygens (including phenoxy) is 2. The molecule has 1 fully saturated rings. The molecule has 1 aliphatic heterocycles. The van der Waals surface area contributed by atoms with Crippen molar-refractivity contribution < 1.29 is 19.1 Å². The lowest BCUT2D eigenvalue weighted by molar-refractivity contribution is -0.128. The summed E-state index contributed by atoms with van der Waals surface area (Å²) >= 11 is 0. The number of carbonyl (C=O) groups excluding carboxylic acids is 2. The van der Waals surface area contributed by atoms with Gasteiger partial charge in [0.15, 0.2) is 5.78 Å². The highest BCUT2D eigenvalue weighted by molar-refractivity contribution is 5.81. The second kappa shape index (κ2) is 6.16. The Bertz CT molecular complexity index is 418. The molecule has 0 spiro atoms. The van der Waals surface area contributed by atoms with Gasteiger partial charge in [0.2, 0.25) is 0 Å². The van der Waals surface area contributed by atoms with Crippen LogP contribution >= 0.6 is 0 Å². The van der Waals surface area contributed by atoms with Crippen LogP contribution < -0.4 is 5.32 Å². The van der Waals surface area contributed by atoms with Crippen LogP contribution in [0.5, 0.6) is 0 Å². The lowest BCUT2D eigenvalue weighted by Gasteiger charge is -2.21. The van der Waals surface area contributed by atoms with Gasteiger partial charge in [0.25, 0.3) is 0 Å². The first-order valence-electron chi connectivity index (χ1n) is 5.80. The second-order valence-electron chi connectivity index (χ2n) is 4.16. The number of amides is 1. The van der Waals surface area contributed by atoms with Gasteiger partial charge in [-0.2, -0.15) is 0 Å². The predicted molar refractivity (Wildman–Crippen MR) is 64.0 cm³/mol. The summed E-state index contributed by atoms with van der Waals surface area (Å²) in [6, 6.07) is 9.12. The predicted octanol–water partition coefficient (Wildman–Crippen LogP) is 1.27. The van der Waals surface area contributed by atoms with Crippen LogP contribution in [0.1, 0.15) is 12.0 Å². The average molecular weight is 249 g/mol. The minimum atomic E-state index is -0.526. The molecule has 5 heteroatoms. The molecule has 1 aromatic carbocycles. The summed E-state index contributed by atoms with van der Waals surface area (Å²) in [5.41, 5.74) is 0.920. The first kappa shape index (κ1) is 12.6. The Kier molecular flexibility index (Phi) is 4.30. The Morgan fingerprint density at radius 1 is 1.39 bits per heavy atom. The van der Waals surface area contributed by atoms with Crippen molar-refractivity contribution in [2.45, 2.75) is 19.1 Å². The number of Topliss-reactive ketones (excluding diaryl/α,β-unsaturated/α-hetero) is 1. The van der Waals surface area contributed by atoms with E-state index in [9.17, 15) is 9.59 Å². The van der Waals surface area contributed by atoms with Crippen LogP contribution in [0.2, 0.25) is 0 Å². The standard InChI is InChI=1S/C13H15NO4/c15-12-6-11(8-17-9-12)14-13(16)18-7-10-4-2-1-3-5-10/h1-5,11H,6-9H2,(H,14,16)/t11-/m0/s1. The molecule has 1 aliphatic rings. The zero-order valence-corrected chi connectivity index (χ0v) is 9.93. The first-order valence-corrected chi connectivity index (χ1v) is 5.80. The largest absolute Gasteiger partial charge is 0.445 e. The second-order valence-corrected chi connectivity index (χ2v) is 4.16. The van der Waals surface area contributed by atoms with E-state index in [1.165, 1.54) is 0 Å². The topological polar surface area (TPSA) is 64.6 Å². The number of alkyl carbamates (subject to hydrolysis) is 1. The third-order valence-electron chi connectivity index (χ3n) is 2.59. The number of rotatable bonds is 3. The van der Waals surface area contributed by atoms with E-state index >= 15 is 0 Å². The maximum absolute atomic E-state index is 11.5. The summed E-state index contributed by atoms with van der Waals surface area (Å²) in [4.78, 5) is 22.6. The Labute approximate surface area is 105 Å². The quantitative estimate of drug-likeness (QED) is 0.876. The number of ketones is 1. The molecule has 1 heterocycles. The molecule has 1 amide bonds. The maximum atomic E-state index is 11.5. The zero-order chi connectivity index (χ0) is 12.8. The summed E-state index contributed by atoms with van der Waals surface area (Å²) < 4.78 is 10.1. The van der Waals surface area contributed by atoms with E-state index in [1.807, 2.05) is 30.3 Å². The highest BCUT2D eigenvalue weighted by Gasteiger charge is 2.21. The Balaban J connectivity index is 1.73. The van der Waals surface area contributed by atoms with Gasteiger partial charge < -0.3 is 14.8 Å². The van der Waals surface area contributed by atoms with E-state index in [2.05, 4.69) is 5.32 Å². The fraction of sp³-hybridized carbons (Fsp3) is 0.385. The van der Waals surface area contributed by atoms with Crippen LogP contribution in [0, 0.1) is 0 Å². The van der Waals surface area contributed by atoms with Crippen LogP contribution in [0.3, 0.4) is 0 Å². The van der Waals surface area contributed by atoms with Crippen LogP contribution in [-0.4, -0.2) is 31.1 Å². The van der Waals surface area contributed by atoms with Gasteiger partial charge in [-0.15, -0.1) is 0 Å². The van der Waals surface area contributed by atoms with E-state index in [0.717, 1.165) is 5.56 Å². The molecule has 2 rings (SSSR count). The van der Waals surface area contributed by atoms with Gasteiger partial charge in [-0.1, -0.05) is 30.3 Å². The fourth-order valence-electron chi connectivity index (χ4n) is 1.73. The van der Waals surface area contributed by atoms with E-state index in [0.29, 0.717) is 13.0 Å². The van der Waals surface area contributed by atoms with Crippen LogP contribution in [0.25, 0.3) is 0 Å². The Morgan fingerprint density at radius 2 is 2.17 bits per heavy atom. The summed E-state index contributed by atoms with van der Waals surface area (Å²) in [5.74, 6) is -0.00499. The third-order valence-corrected chi connectivity index (χ3v) is 2.59. The number of benzene rings is 1. The monoisotopic (exact) mass is 249 g/mol. The van der Waals surface area contributed by atoms with Gasteiger partial charge in [-0.3, -0.25) is 4.79 Å². The van der Waals surface area contributed by atoms with E-state index in [1.54, 1.807) is 0 Å². The maximum Gasteiger partial charge on any atom is 0.407 e. The molecule has 1 saturated heterocycles. The Morgan fingerprint density at radius 3 is 2.89 bits per heavy atom. The number of nitrogens with one attached hydrogen (secondary N) is 1. The summed E-state index contributed by atoms with van der Waals surface area (Å²) in [6.45, 7) is 0.706. The van der Waals surface area contributed by atoms with Crippen molar-refractivity contribution in [3.05, 3.63) is 35.9 Å². The minimum absolute atomic E-state index is 0.00499. The van der Waals surface area contributed by atoms with Gasteiger partial charge in [-0.05, 0) is 5.56 Å². The summed E-state index contributed by atoms with van der Waals surface area (Å²) in [6.07, 6.45) is -0.220. The molecule has 1 N–H and O–H groups in total. The van der Waals surface area contributed by atoms with E-state index in [4.69, 9.17) is 9.47 Å². The lowest BCUT2D eigenvalue weighted by Crippen LogP contribution is -2.43. The van der Waals surface area contributed by atoms with Gasteiger partial charge in [0, 0.05) is 6.42 Å². The molecule has 0 saturated carbocycles. The number of hydrogen-bond donors (Lipinski definition) is 1. The van der Waals surface area contributed by atoms with Gasteiger partial charge in [0.05, 0.1) is 12.6 Å². The van der Waals surface area contributed by atoms with Crippen molar-refractivity contribution >= 4 is 11.9 Å². The Hall–Kier alpha value is -1.88. The zero-order valence-electron chi connectivity index (χ0n) is 9.93. The fourth-order valence-corrected chi connectivity index (χ4v) is 1.73. The molecule has 0 aliphatic carbocycles. The smallest absolute Gasteiger partial charge is 0.407 e. The summed E-state index contributed by atoms with van der Waals surface area (Å²) in [7, 11) is 0. The molecule has 5 nitrogen and oxygen atoms in total. The first-order chi connectivity index (χ1) is 8.74. The van der Waals surface area contributed by atoms with Crippen molar-refractivity contribution in [1.29, 1.82) is 0 Å². The molecule has 0 radical (unpaired) electrons. The molecular formula is C13H15NO4. The van der Waals surface area contributed by atoms with Crippen LogP contribution in [0.4, 0.5) is 4.79 Å². The SMILES string of the molecule is O=C1COC[C@@H](NC(=O)OCc2ccccc2)C1. The lowest BCUT2D eigenvalue weighted by atomic mass is 10.1. The number of hydrogen-bond acceptors (Lipinski definition) is 4. The minimum Gasteiger partial charge on any atom is -0.445 e. The molecule has 18 heavy (non-hydrogen) atoms. The molecular weight excluding hydrogens is 234 g/mol. The van der Waals surface area contributed by atoms with Crippen LogP contribution in [-0.2, 0) is 20.9 Å². The van der Waals surface area contributed by atoms with E-state index in [-0.39, 0.29) is 25.0 Å². The number of carbonyl (C=O) groups is 2. The van der Waals surface area contributed by atoms with Crippen molar-refractivity contribution in [2.75, 3.05) is 13.2 Å². The molecule has 1 atom stereocenters. The summed E-state index contributed by atoms with van der Waals surface area (Å²) in [5, 5.41) is 2.61. The molecule has 0 bridgehead atoms.